The standard InChI is InChI=1S/C9H13FO3Si/c10-8-3-1-2-7(6-8)4-5-9(11,12)13-14/h1-3,6,11-12H,4-5H2,14H3. The largest absolute Gasteiger partial charge is 0.381 e. The highest BCUT2D eigenvalue weighted by molar-refractivity contribution is 5.98. The van der Waals surface area contributed by atoms with Gasteiger partial charge in [-0.15, -0.1) is 0 Å². The minimum atomic E-state index is -2.07. The molecule has 14 heavy (non-hydrogen) atoms. The van der Waals surface area contributed by atoms with E-state index in [2.05, 4.69) is 4.43 Å². The lowest BCUT2D eigenvalue weighted by atomic mass is 10.1. The summed E-state index contributed by atoms with van der Waals surface area (Å²) < 4.78 is 17.3. The zero-order chi connectivity index (χ0) is 10.6. The van der Waals surface area contributed by atoms with Gasteiger partial charge >= 0.3 is 0 Å². The normalized spacial score (nSPS) is 11.9. The number of hydrogen-bond donors (Lipinski definition) is 2. The molecule has 5 heteroatoms. The SMILES string of the molecule is OC(O)(CCc1cccc(F)c1)O[SiH3]. The van der Waals surface area contributed by atoms with Gasteiger partial charge in [-0.3, -0.25) is 0 Å². The lowest BCUT2D eigenvalue weighted by Crippen LogP contribution is -2.31. The van der Waals surface area contributed by atoms with Gasteiger partial charge in [0.05, 0.1) is 0 Å². The lowest BCUT2D eigenvalue weighted by Gasteiger charge is -2.19. The zero-order valence-corrected chi connectivity index (χ0v) is 9.90. The van der Waals surface area contributed by atoms with Gasteiger partial charge in [0, 0.05) is 6.42 Å². The molecule has 0 unspecified atom stereocenters. The fourth-order valence-corrected chi connectivity index (χ4v) is 1.31. The molecule has 3 nitrogen and oxygen atoms in total. The van der Waals surface area contributed by atoms with Gasteiger partial charge in [-0.2, -0.15) is 0 Å². The van der Waals surface area contributed by atoms with E-state index in [1.54, 1.807) is 12.1 Å². The molecule has 78 valence electrons. The fraction of sp³-hybridized carbons (Fsp3) is 0.333. The Kier molecular flexibility index (Phi) is 3.76. The molecule has 0 aliphatic carbocycles. The Morgan fingerprint density at radius 1 is 1.43 bits per heavy atom. The third kappa shape index (κ3) is 3.55. The van der Waals surface area contributed by atoms with Crippen LogP contribution in [0.1, 0.15) is 12.0 Å². The van der Waals surface area contributed by atoms with Crippen LogP contribution in [0.4, 0.5) is 4.39 Å². The lowest BCUT2D eigenvalue weighted by molar-refractivity contribution is -0.294. The predicted molar refractivity (Wildman–Crippen MR) is 52.9 cm³/mol. The van der Waals surface area contributed by atoms with Crippen molar-refractivity contribution in [2.24, 2.45) is 0 Å². The Hall–Kier alpha value is -0.753. The average molecular weight is 216 g/mol. The topological polar surface area (TPSA) is 49.7 Å². The molecule has 0 saturated carbocycles. The van der Waals surface area contributed by atoms with Gasteiger partial charge in [-0.25, -0.2) is 4.39 Å². The van der Waals surface area contributed by atoms with Crippen LogP contribution in [-0.2, 0) is 10.8 Å². The quantitative estimate of drug-likeness (QED) is 0.536. The first-order chi connectivity index (χ1) is 6.53. The minimum Gasteiger partial charge on any atom is -0.381 e. The summed E-state index contributed by atoms with van der Waals surface area (Å²) >= 11 is 0. The van der Waals surface area contributed by atoms with Crippen LogP contribution in [0.2, 0.25) is 0 Å². The number of hydrogen-bond acceptors (Lipinski definition) is 3. The summed E-state index contributed by atoms with van der Waals surface area (Å²) in [5.74, 6) is -2.39. The molecule has 0 aliphatic heterocycles. The van der Waals surface area contributed by atoms with Crippen molar-refractivity contribution in [2.45, 2.75) is 18.8 Å². The summed E-state index contributed by atoms with van der Waals surface area (Å²) in [6.07, 6.45) is 0.410. The number of rotatable bonds is 4. The van der Waals surface area contributed by atoms with Crippen molar-refractivity contribution in [3.05, 3.63) is 35.6 Å². The van der Waals surface area contributed by atoms with Crippen LogP contribution in [0.15, 0.2) is 24.3 Å². The highest BCUT2D eigenvalue weighted by Crippen LogP contribution is 2.12. The van der Waals surface area contributed by atoms with Crippen LogP contribution >= 0.6 is 0 Å². The van der Waals surface area contributed by atoms with E-state index < -0.39 is 5.97 Å². The monoisotopic (exact) mass is 216 g/mol. The molecule has 1 aromatic carbocycles. The number of aryl methyl sites for hydroxylation is 1. The molecular formula is C9H13FO3Si. The minimum absolute atomic E-state index is 0.0416. The summed E-state index contributed by atoms with van der Waals surface area (Å²) in [4.78, 5) is 0. The summed E-state index contributed by atoms with van der Waals surface area (Å²) in [6, 6.07) is 6.02. The van der Waals surface area contributed by atoms with Crippen molar-refractivity contribution in [1.29, 1.82) is 0 Å². The van der Waals surface area contributed by atoms with Crippen molar-refractivity contribution in [1.82, 2.24) is 0 Å². The maximum absolute atomic E-state index is 12.7. The summed E-state index contributed by atoms with van der Waals surface area (Å²) in [5.41, 5.74) is 0.719. The Bertz CT molecular complexity index is 304. The molecule has 0 saturated heterocycles. The van der Waals surface area contributed by atoms with Gasteiger partial charge < -0.3 is 14.6 Å². The molecule has 0 radical (unpaired) electrons. The molecule has 0 aliphatic rings. The van der Waals surface area contributed by atoms with Crippen LogP contribution in [0.3, 0.4) is 0 Å². The van der Waals surface area contributed by atoms with Crippen LogP contribution in [0.5, 0.6) is 0 Å². The molecule has 1 aromatic rings. The second-order valence-electron chi connectivity index (χ2n) is 3.08. The van der Waals surface area contributed by atoms with E-state index in [1.165, 1.54) is 12.1 Å². The van der Waals surface area contributed by atoms with Gasteiger partial charge in [0.25, 0.3) is 5.97 Å². The molecule has 0 atom stereocenters. The maximum atomic E-state index is 12.7. The van der Waals surface area contributed by atoms with Gasteiger partial charge in [0.2, 0.25) is 0 Å². The van der Waals surface area contributed by atoms with Crippen LogP contribution in [-0.4, -0.2) is 26.7 Å². The van der Waals surface area contributed by atoms with E-state index in [-0.39, 0.29) is 22.7 Å². The number of halogens is 1. The third-order valence-corrected chi connectivity index (χ3v) is 2.61. The molecule has 0 bridgehead atoms. The molecular weight excluding hydrogens is 203 g/mol. The van der Waals surface area contributed by atoms with Crippen LogP contribution in [0.25, 0.3) is 0 Å². The van der Waals surface area contributed by atoms with Crippen molar-refractivity contribution in [3.8, 4) is 0 Å². The zero-order valence-electron chi connectivity index (χ0n) is 7.90. The summed E-state index contributed by atoms with van der Waals surface area (Å²) in [5, 5.41) is 18.3. The first-order valence-electron chi connectivity index (χ1n) is 4.28. The first-order valence-corrected chi connectivity index (χ1v) is 5.09. The van der Waals surface area contributed by atoms with E-state index in [9.17, 15) is 4.39 Å². The third-order valence-electron chi connectivity index (χ3n) is 1.96. The van der Waals surface area contributed by atoms with Gasteiger partial charge in [0.1, 0.15) is 5.82 Å². The Morgan fingerprint density at radius 2 is 2.14 bits per heavy atom. The van der Waals surface area contributed by atoms with Crippen LogP contribution in [0, 0.1) is 5.82 Å². The average Bonchev–Trinajstić information content (AvgIpc) is 2.15. The van der Waals surface area contributed by atoms with Gasteiger partial charge in [0.15, 0.2) is 10.5 Å². The van der Waals surface area contributed by atoms with E-state index >= 15 is 0 Å². The number of aliphatic hydroxyl groups is 2. The Balaban J connectivity index is 2.54. The molecule has 0 spiro atoms. The highest BCUT2D eigenvalue weighted by atomic mass is 28.2. The second kappa shape index (κ2) is 4.65. The van der Waals surface area contributed by atoms with E-state index in [1.807, 2.05) is 0 Å². The van der Waals surface area contributed by atoms with Gasteiger partial charge in [-0.1, -0.05) is 12.1 Å². The molecule has 0 fully saturated rings. The van der Waals surface area contributed by atoms with Crippen LogP contribution < -0.4 is 0 Å². The molecule has 0 amide bonds. The smallest absolute Gasteiger partial charge is 0.267 e. The molecule has 2 N–H and O–H groups in total. The summed E-state index contributed by atoms with van der Waals surface area (Å²) in [7, 11) is 0.248. The van der Waals surface area contributed by atoms with Gasteiger partial charge in [-0.05, 0) is 24.1 Å². The molecule has 0 aromatic heterocycles. The summed E-state index contributed by atoms with van der Waals surface area (Å²) in [6.45, 7) is 0. The van der Waals surface area contributed by atoms with Crippen molar-refractivity contribution >= 4 is 10.5 Å². The maximum Gasteiger partial charge on any atom is 0.267 e. The van der Waals surface area contributed by atoms with Crippen molar-refractivity contribution in [3.63, 3.8) is 0 Å². The fourth-order valence-electron chi connectivity index (χ4n) is 1.10. The Morgan fingerprint density at radius 3 is 2.71 bits per heavy atom. The van der Waals surface area contributed by atoms with E-state index in [0.717, 1.165) is 5.56 Å². The van der Waals surface area contributed by atoms with Crippen molar-refractivity contribution in [2.75, 3.05) is 0 Å². The van der Waals surface area contributed by atoms with Crippen molar-refractivity contribution < 1.29 is 19.0 Å². The highest BCUT2D eigenvalue weighted by Gasteiger charge is 2.20. The van der Waals surface area contributed by atoms with E-state index in [4.69, 9.17) is 10.2 Å². The first kappa shape index (κ1) is 11.3. The predicted octanol–water partition coefficient (Wildman–Crippen LogP) is -0.306. The Labute approximate surface area is 84.7 Å². The number of benzene rings is 1. The molecule has 0 heterocycles. The molecule has 1 rings (SSSR count). The van der Waals surface area contributed by atoms with E-state index in [0.29, 0.717) is 6.42 Å². The second-order valence-corrected chi connectivity index (χ2v) is 3.49.